The topological polar surface area (TPSA) is 57.6 Å². The van der Waals surface area contributed by atoms with E-state index in [1.54, 1.807) is 0 Å². The molecule has 1 aromatic rings. The van der Waals surface area contributed by atoms with E-state index >= 15 is 0 Å². The van der Waals surface area contributed by atoms with Crippen molar-refractivity contribution in [2.24, 2.45) is 5.92 Å². The average Bonchev–Trinajstić information content (AvgIpc) is 2.31. The molecule has 0 atom stereocenters. The number of nitrogens with zero attached hydrogens (tertiary/aromatic N) is 1. The van der Waals surface area contributed by atoms with Crippen LogP contribution in [0.25, 0.3) is 0 Å². The van der Waals surface area contributed by atoms with E-state index in [0.29, 0.717) is 6.54 Å². The molecule has 0 saturated carbocycles. The maximum Gasteiger partial charge on any atom is 0.323 e. The SMILES string of the molecule is Cc1ccc(C)c(CC(=O)N(CC(=O)O)CC(C)C)c1. The summed E-state index contributed by atoms with van der Waals surface area (Å²) in [5, 5.41) is 8.92. The summed E-state index contributed by atoms with van der Waals surface area (Å²) in [5.74, 6) is -0.855. The smallest absolute Gasteiger partial charge is 0.323 e. The standard InChI is InChI=1S/C16H23NO3/c1-11(2)9-17(10-16(19)20)15(18)8-14-7-12(3)5-6-13(14)4/h5-7,11H,8-10H2,1-4H3,(H,19,20). The van der Waals surface area contributed by atoms with Gasteiger partial charge in [-0.3, -0.25) is 9.59 Å². The Kier molecular flexibility index (Phi) is 5.74. The van der Waals surface area contributed by atoms with Gasteiger partial charge in [0.1, 0.15) is 6.54 Å². The first kappa shape index (κ1) is 16.2. The van der Waals surface area contributed by atoms with Crippen molar-refractivity contribution in [3.63, 3.8) is 0 Å². The average molecular weight is 277 g/mol. The summed E-state index contributed by atoms with van der Waals surface area (Å²) in [7, 11) is 0. The molecule has 1 N–H and O–H groups in total. The molecule has 0 heterocycles. The number of carboxylic acids is 1. The van der Waals surface area contributed by atoms with E-state index in [1.807, 2.05) is 45.9 Å². The minimum atomic E-state index is -0.972. The summed E-state index contributed by atoms with van der Waals surface area (Å²) in [6, 6.07) is 5.98. The van der Waals surface area contributed by atoms with Crippen LogP contribution in [0.15, 0.2) is 18.2 Å². The maximum atomic E-state index is 12.3. The number of rotatable bonds is 6. The summed E-state index contributed by atoms with van der Waals surface area (Å²) < 4.78 is 0. The van der Waals surface area contributed by atoms with E-state index < -0.39 is 5.97 Å². The molecule has 1 amide bonds. The fraction of sp³-hybridized carbons (Fsp3) is 0.500. The molecule has 1 aromatic carbocycles. The third-order valence-electron chi connectivity index (χ3n) is 3.11. The molecule has 0 aromatic heterocycles. The minimum Gasteiger partial charge on any atom is -0.480 e. The highest BCUT2D eigenvalue weighted by Gasteiger charge is 2.18. The molecule has 110 valence electrons. The summed E-state index contributed by atoms with van der Waals surface area (Å²) in [6.07, 6.45) is 0.257. The van der Waals surface area contributed by atoms with Crippen molar-refractivity contribution in [2.75, 3.05) is 13.1 Å². The number of hydrogen-bond acceptors (Lipinski definition) is 2. The predicted octanol–water partition coefficient (Wildman–Crippen LogP) is 2.42. The molecule has 0 aliphatic heterocycles. The van der Waals surface area contributed by atoms with Crippen molar-refractivity contribution in [1.82, 2.24) is 4.90 Å². The first-order valence-corrected chi connectivity index (χ1v) is 6.85. The van der Waals surface area contributed by atoms with Crippen molar-refractivity contribution >= 4 is 11.9 Å². The molecular formula is C16H23NO3. The number of carboxylic acid groups (broad SMARTS) is 1. The molecule has 0 spiro atoms. The molecule has 1 rings (SSSR count). The van der Waals surface area contributed by atoms with Gasteiger partial charge in [-0.1, -0.05) is 37.6 Å². The molecule has 4 heteroatoms. The van der Waals surface area contributed by atoms with E-state index in [2.05, 4.69) is 0 Å². The number of aryl methyl sites for hydroxylation is 2. The number of aliphatic carboxylic acids is 1. The Morgan fingerprint density at radius 1 is 1.25 bits per heavy atom. The summed E-state index contributed by atoms with van der Waals surface area (Å²) in [6.45, 7) is 8.13. The van der Waals surface area contributed by atoms with Crippen LogP contribution in [0.4, 0.5) is 0 Å². The number of carbonyl (C=O) groups is 2. The third kappa shape index (κ3) is 5.03. The zero-order chi connectivity index (χ0) is 15.3. The second-order valence-corrected chi connectivity index (χ2v) is 5.67. The Bertz CT molecular complexity index is 494. The number of amides is 1. The van der Waals surface area contributed by atoms with Crippen molar-refractivity contribution in [1.29, 1.82) is 0 Å². The Labute approximate surface area is 120 Å². The molecular weight excluding hydrogens is 254 g/mol. The Balaban J connectivity index is 2.84. The second kappa shape index (κ2) is 7.08. The fourth-order valence-electron chi connectivity index (χ4n) is 2.12. The molecule has 0 aliphatic rings. The van der Waals surface area contributed by atoms with Crippen LogP contribution in [0.5, 0.6) is 0 Å². The van der Waals surface area contributed by atoms with Crippen LogP contribution in [0, 0.1) is 19.8 Å². The molecule has 0 aliphatic carbocycles. The molecule has 0 radical (unpaired) electrons. The Morgan fingerprint density at radius 2 is 1.90 bits per heavy atom. The van der Waals surface area contributed by atoms with Gasteiger partial charge in [0.2, 0.25) is 5.91 Å². The van der Waals surface area contributed by atoms with Crippen LogP contribution in [-0.2, 0) is 16.0 Å². The van der Waals surface area contributed by atoms with E-state index in [1.165, 1.54) is 4.90 Å². The highest BCUT2D eigenvalue weighted by Crippen LogP contribution is 2.13. The van der Waals surface area contributed by atoms with Crippen LogP contribution in [0.3, 0.4) is 0 Å². The molecule has 4 nitrogen and oxygen atoms in total. The highest BCUT2D eigenvalue weighted by molar-refractivity contribution is 5.83. The fourth-order valence-corrected chi connectivity index (χ4v) is 2.12. The molecule has 0 saturated heterocycles. The van der Waals surface area contributed by atoms with Gasteiger partial charge in [-0.2, -0.15) is 0 Å². The lowest BCUT2D eigenvalue weighted by Gasteiger charge is -2.23. The Hall–Kier alpha value is -1.84. The van der Waals surface area contributed by atoms with Crippen molar-refractivity contribution in [3.8, 4) is 0 Å². The van der Waals surface area contributed by atoms with Gasteiger partial charge in [-0.15, -0.1) is 0 Å². The summed E-state index contributed by atoms with van der Waals surface area (Å²) in [4.78, 5) is 24.6. The van der Waals surface area contributed by atoms with E-state index in [9.17, 15) is 9.59 Å². The Morgan fingerprint density at radius 3 is 2.45 bits per heavy atom. The van der Waals surface area contributed by atoms with Gasteiger partial charge in [-0.25, -0.2) is 0 Å². The first-order chi connectivity index (χ1) is 9.29. The van der Waals surface area contributed by atoms with Gasteiger partial charge >= 0.3 is 5.97 Å². The van der Waals surface area contributed by atoms with Crippen molar-refractivity contribution in [3.05, 3.63) is 34.9 Å². The zero-order valence-corrected chi connectivity index (χ0v) is 12.6. The quantitative estimate of drug-likeness (QED) is 0.868. The predicted molar refractivity (Wildman–Crippen MR) is 78.7 cm³/mol. The lowest BCUT2D eigenvalue weighted by Crippen LogP contribution is -2.39. The maximum absolute atomic E-state index is 12.3. The van der Waals surface area contributed by atoms with E-state index in [-0.39, 0.29) is 24.8 Å². The van der Waals surface area contributed by atoms with Gasteiger partial charge in [0, 0.05) is 6.54 Å². The van der Waals surface area contributed by atoms with Crippen LogP contribution >= 0.6 is 0 Å². The van der Waals surface area contributed by atoms with Crippen LogP contribution in [0.1, 0.15) is 30.5 Å². The van der Waals surface area contributed by atoms with Crippen LogP contribution in [0.2, 0.25) is 0 Å². The number of carbonyl (C=O) groups excluding carboxylic acids is 1. The van der Waals surface area contributed by atoms with Crippen LogP contribution < -0.4 is 0 Å². The summed E-state index contributed by atoms with van der Waals surface area (Å²) >= 11 is 0. The normalized spacial score (nSPS) is 10.7. The van der Waals surface area contributed by atoms with Crippen molar-refractivity contribution < 1.29 is 14.7 Å². The monoisotopic (exact) mass is 277 g/mol. The number of hydrogen-bond donors (Lipinski definition) is 1. The van der Waals surface area contributed by atoms with Gasteiger partial charge in [0.15, 0.2) is 0 Å². The zero-order valence-electron chi connectivity index (χ0n) is 12.6. The molecule has 20 heavy (non-hydrogen) atoms. The van der Waals surface area contributed by atoms with Gasteiger partial charge in [0.25, 0.3) is 0 Å². The van der Waals surface area contributed by atoms with Gasteiger partial charge < -0.3 is 10.0 Å². The number of benzene rings is 1. The van der Waals surface area contributed by atoms with E-state index in [4.69, 9.17) is 5.11 Å². The highest BCUT2D eigenvalue weighted by atomic mass is 16.4. The largest absolute Gasteiger partial charge is 0.480 e. The molecule has 0 fully saturated rings. The van der Waals surface area contributed by atoms with Crippen molar-refractivity contribution in [2.45, 2.75) is 34.1 Å². The van der Waals surface area contributed by atoms with Gasteiger partial charge in [0.05, 0.1) is 6.42 Å². The van der Waals surface area contributed by atoms with E-state index in [0.717, 1.165) is 16.7 Å². The lowest BCUT2D eigenvalue weighted by molar-refractivity contribution is -0.144. The molecule has 0 unspecified atom stereocenters. The van der Waals surface area contributed by atoms with Crippen LogP contribution in [-0.4, -0.2) is 35.0 Å². The first-order valence-electron chi connectivity index (χ1n) is 6.85. The third-order valence-corrected chi connectivity index (χ3v) is 3.11. The minimum absolute atomic E-state index is 0.130. The lowest BCUT2D eigenvalue weighted by atomic mass is 10.0. The van der Waals surface area contributed by atoms with Gasteiger partial charge in [-0.05, 0) is 30.9 Å². The second-order valence-electron chi connectivity index (χ2n) is 5.67. The molecule has 0 bridgehead atoms. The summed E-state index contributed by atoms with van der Waals surface area (Å²) in [5.41, 5.74) is 3.13.